The van der Waals surface area contributed by atoms with Crippen LogP contribution in [0.3, 0.4) is 0 Å². The van der Waals surface area contributed by atoms with E-state index in [2.05, 4.69) is 0 Å². The van der Waals surface area contributed by atoms with Gasteiger partial charge < -0.3 is 4.74 Å². The van der Waals surface area contributed by atoms with Gasteiger partial charge in [0.15, 0.2) is 0 Å². The Bertz CT molecular complexity index is 1300. The number of nitro groups is 1. The van der Waals surface area contributed by atoms with E-state index >= 15 is 0 Å². The maximum Gasteiger partial charge on any atom is 0.338 e. The molecule has 2 amide bonds. The Morgan fingerprint density at radius 2 is 1.72 bits per heavy atom. The van der Waals surface area contributed by atoms with E-state index in [-0.39, 0.29) is 29.0 Å². The highest BCUT2D eigenvalue weighted by atomic mass is 16.6. The van der Waals surface area contributed by atoms with E-state index in [1.54, 1.807) is 12.1 Å². The van der Waals surface area contributed by atoms with Crippen LogP contribution >= 0.6 is 0 Å². The molecule has 0 atom stereocenters. The van der Waals surface area contributed by atoms with Crippen LogP contribution in [0.5, 0.6) is 0 Å². The minimum atomic E-state index is -0.704. The molecule has 0 saturated carbocycles. The molecule has 1 aliphatic rings. The second-order valence-corrected chi connectivity index (χ2v) is 7.50. The smallest absolute Gasteiger partial charge is 0.338 e. The van der Waals surface area contributed by atoms with Gasteiger partial charge in [0.05, 0.1) is 27.3 Å². The highest BCUT2D eigenvalue weighted by Crippen LogP contribution is 2.32. The fourth-order valence-electron chi connectivity index (χ4n) is 3.54. The van der Waals surface area contributed by atoms with Gasteiger partial charge in [0.25, 0.3) is 17.5 Å². The summed E-state index contributed by atoms with van der Waals surface area (Å²) in [4.78, 5) is 49.9. The van der Waals surface area contributed by atoms with Crippen molar-refractivity contribution < 1.29 is 24.0 Å². The number of amides is 2. The van der Waals surface area contributed by atoms with Gasteiger partial charge in [0.1, 0.15) is 6.61 Å². The molecule has 160 valence electrons. The zero-order valence-corrected chi connectivity index (χ0v) is 17.3. The fraction of sp³-hybridized carbons (Fsp3) is 0.125. The summed E-state index contributed by atoms with van der Waals surface area (Å²) in [5.41, 5.74) is 3.00. The molecule has 0 saturated heterocycles. The Labute approximate surface area is 183 Å². The van der Waals surface area contributed by atoms with Crippen molar-refractivity contribution in [1.29, 1.82) is 0 Å². The van der Waals surface area contributed by atoms with Gasteiger partial charge in [-0.15, -0.1) is 0 Å². The molecule has 4 rings (SSSR count). The van der Waals surface area contributed by atoms with Crippen molar-refractivity contribution in [1.82, 2.24) is 0 Å². The van der Waals surface area contributed by atoms with Gasteiger partial charge in [0.2, 0.25) is 0 Å². The number of rotatable bonds is 5. The highest BCUT2D eigenvalue weighted by molar-refractivity contribution is 6.35. The number of hydrogen-bond donors (Lipinski definition) is 0. The third kappa shape index (κ3) is 3.74. The van der Waals surface area contributed by atoms with Gasteiger partial charge >= 0.3 is 5.97 Å². The van der Waals surface area contributed by atoms with E-state index < -0.39 is 22.7 Å². The molecule has 0 fully saturated rings. The number of imide groups is 1. The lowest BCUT2D eigenvalue weighted by Crippen LogP contribution is -2.30. The molecular weight excluding hydrogens is 412 g/mol. The zero-order valence-electron chi connectivity index (χ0n) is 17.3. The number of esters is 1. The number of carbonyl (C=O) groups is 3. The average Bonchev–Trinajstić information content (AvgIpc) is 3.03. The quantitative estimate of drug-likeness (QED) is 0.257. The molecule has 0 aromatic heterocycles. The molecule has 8 nitrogen and oxygen atoms in total. The Morgan fingerprint density at radius 3 is 2.47 bits per heavy atom. The predicted octanol–water partition coefficient (Wildman–Crippen LogP) is 4.37. The van der Waals surface area contributed by atoms with Crippen molar-refractivity contribution in [3.8, 4) is 0 Å². The van der Waals surface area contributed by atoms with Crippen molar-refractivity contribution in [2.24, 2.45) is 0 Å². The molecule has 1 heterocycles. The molecule has 0 unspecified atom stereocenters. The molecule has 32 heavy (non-hydrogen) atoms. The van der Waals surface area contributed by atoms with Crippen LogP contribution in [-0.4, -0.2) is 22.7 Å². The molecule has 0 radical (unpaired) electrons. The largest absolute Gasteiger partial charge is 0.457 e. The van der Waals surface area contributed by atoms with E-state index in [1.807, 2.05) is 26.0 Å². The lowest BCUT2D eigenvalue weighted by Gasteiger charge is -2.17. The van der Waals surface area contributed by atoms with Gasteiger partial charge in [0, 0.05) is 12.1 Å². The Hall–Kier alpha value is -4.33. The van der Waals surface area contributed by atoms with Gasteiger partial charge in [-0.05, 0) is 54.8 Å². The standard InChI is InChI=1S/C24H18N2O6/c1-14-6-7-15(2)21(10-14)25-22(27)19-9-8-17(12-20(19)23(25)28)24(29)32-13-16-4-3-5-18(11-16)26(30)31/h3-12H,13H2,1-2H3. The normalized spacial score (nSPS) is 12.6. The van der Waals surface area contributed by atoms with E-state index in [1.165, 1.54) is 36.4 Å². The summed E-state index contributed by atoms with van der Waals surface area (Å²) in [6.07, 6.45) is 0. The predicted molar refractivity (Wildman–Crippen MR) is 116 cm³/mol. The summed E-state index contributed by atoms with van der Waals surface area (Å²) in [7, 11) is 0. The minimum absolute atomic E-state index is 0.105. The SMILES string of the molecule is Cc1ccc(C)c(N2C(=O)c3ccc(C(=O)OCc4cccc([N+](=O)[O-])c4)cc3C2=O)c1. The summed E-state index contributed by atoms with van der Waals surface area (Å²) >= 11 is 0. The first-order chi connectivity index (χ1) is 15.3. The number of carbonyl (C=O) groups excluding carboxylic acids is 3. The van der Waals surface area contributed by atoms with Crippen molar-refractivity contribution >= 4 is 29.2 Å². The molecule has 3 aromatic rings. The summed E-state index contributed by atoms with van der Waals surface area (Å²) in [6, 6.07) is 15.5. The van der Waals surface area contributed by atoms with Crippen LogP contribution in [0.15, 0.2) is 60.7 Å². The number of nitrogens with zero attached hydrogens (tertiary/aromatic N) is 2. The van der Waals surface area contributed by atoms with E-state index in [0.717, 1.165) is 16.0 Å². The average molecular weight is 430 g/mol. The highest BCUT2D eigenvalue weighted by Gasteiger charge is 2.38. The van der Waals surface area contributed by atoms with Crippen LogP contribution < -0.4 is 4.90 Å². The van der Waals surface area contributed by atoms with Crippen molar-refractivity contribution in [3.63, 3.8) is 0 Å². The van der Waals surface area contributed by atoms with Crippen LogP contribution in [-0.2, 0) is 11.3 Å². The fourth-order valence-corrected chi connectivity index (χ4v) is 3.54. The van der Waals surface area contributed by atoms with Crippen LogP contribution in [0, 0.1) is 24.0 Å². The summed E-state index contributed by atoms with van der Waals surface area (Å²) < 4.78 is 5.25. The number of ether oxygens (including phenoxy) is 1. The summed E-state index contributed by atoms with van der Waals surface area (Å²) in [5.74, 6) is -1.66. The molecule has 0 spiro atoms. The van der Waals surface area contributed by atoms with Crippen molar-refractivity contribution in [2.45, 2.75) is 20.5 Å². The first-order valence-corrected chi connectivity index (χ1v) is 9.77. The number of benzene rings is 3. The number of non-ortho nitro benzene ring substituents is 1. The second kappa shape index (κ2) is 8.07. The molecule has 8 heteroatoms. The zero-order chi connectivity index (χ0) is 23.0. The molecule has 0 aliphatic carbocycles. The van der Waals surface area contributed by atoms with Crippen LogP contribution in [0.25, 0.3) is 0 Å². The Balaban J connectivity index is 1.56. The molecule has 0 N–H and O–H groups in total. The second-order valence-electron chi connectivity index (χ2n) is 7.50. The first-order valence-electron chi connectivity index (χ1n) is 9.77. The lowest BCUT2D eigenvalue weighted by molar-refractivity contribution is -0.384. The van der Waals surface area contributed by atoms with Crippen LogP contribution in [0.2, 0.25) is 0 Å². The number of fused-ring (bicyclic) bond motifs is 1. The monoisotopic (exact) mass is 430 g/mol. The number of anilines is 1. The topological polar surface area (TPSA) is 107 Å². The minimum Gasteiger partial charge on any atom is -0.457 e. The Kier molecular flexibility index (Phi) is 5.28. The maximum absolute atomic E-state index is 13.0. The van der Waals surface area contributed by atoms with E-state index in [0.29, 0.717) is 11.3 Å². The number of aryl methyl sites for hydroxylation is 2. The van der Waals surface area contributed by atoms with E-state index in [4.69, 9.17) is 4.74 Å². The number of hydrogen-bond acceptors (Lipinski definition) is 6. The van der Waals surface area contributed by atoms with Gasteiger partial charge in [-0.25, -0.2) is 9.69 Å². The maximum atomic E-state index is 13.0. The van der Waals surface area contributed by atoms with Gasteiger partial charge in [-0.3, -0.25) is 19.7 Å². The Morgan fingerprint density at radius 1 is 0.969 bits per heavy atom. The third-order valence-electron chi connectivity index (χ3n) is 5.22. The first kappa shape index (κ1) is 20.9. The van der Waals surface area contributed by atoms with Crippen molar-refractivity contribution in [3.05, 3.63) is 104 Å². The summed E-state index contributed by atoms with van der Waals surface area (Å²) in [5, 5.41) is 10.9. The molecular formula is C24H18N2O6. The third-order valence-corrected chi connectivity index (χ3v) is 5.22. The summed E-state index contributed by atoms with van der Waals surface area (Å²) in [6.45, 7) is 3.52. The van der Waals surface area contributed by atoms with Gasteiger partial charge in [-0.2, -0.15) is 0 Å². The van der Waals surface area contributed by atoms with Crippen molar-refractivity contribution in [2.75, 3.05) is 4.90 Å². The molecule has 1 aliphatic heterocycles. The molecule has 0 bridgehead atoms. The lowest BCUT2D eigenvalue weighted by atomic mass is 10.1. The van der Waals surface area contributed by atoms with Crippen LogP contribution in [0.4, 0.5) is 11.4 Å². The van der Waals surface area contributed by atoms with E-state index in [9.17, 15) is 24.5 Å². The van der Waals surface area contributed by atoms with Crippen LogP contribution in [0.1, 0.15) is 47.8 Å². The van der Waals surface area contributed by atoms with Gasteiger partial charge in [-0.1, -0.05) is 24.3 Å². The molecule has 3 aromatic carbocycles. The number of nitro benzene ring substituents is 1.